The van der Waals surface area contributed by atoms with E-state index in [0.717, 1.165) is 24.2 Å². The number of halogens is 1. The summed E-state index contributed by atoms with van der Waals surface area (Å²) in [6.45, 7) is 1.06. The summed E-state index contributed by atoms with van der Waals surface area (Å²) in [4.78, 5) is 6.89. The molecule has 0 atom stereocenters. The van der Waals surface area contributed by atoms with Crippen molar-refractivity contribution in [3.8, 4) is 11.3 Å². The van der Waals surface area contributed by atoms with Crippen molar-refractivity contribution in [1.82, 2.24) is 9.38 Å². The zero-order valence-corrected chi connectivity index (χ0v) is 12.4. The standard InChI is InChI=1S/C16H15ClN4/c1-20-8-6-10-9-11(4-5-13(10)20)14-15(18)21-7-2-3-12(17)16(21)19-14/h2-5,7,9H,6,8,18H2,1H3. The molecular formula is C16H15ClN4. The highest BCUT2D eigenvalue weighted by Gasteiger charge is 2.18. The van der Waals surface area contributed by atoms with Crippen LogP contribution >= 0.6 is 11.6 Å². The number of likely N-dealkylation sites (N-methyl/N-ethyl adjacent to an activating group) is 1. The minimum atomic E-state index is 0.608. The molecule has 1 aliphatic rings. The fourth-order valence-corrected chi connectivity index (χ4v) is 3.19. The van der Waals surface area contributed by atoms with Gasteiger partial charge in [-0.25, -0.2) is 4.98 Å². The maximum absolute atomic E-state index is 6.24. The van der Waals surface area contributed by atoms with Crippen LogP contribution in [0.25, 0.3) is 16.9 Å². The topological polar surface area (TPSA) is 46.6 Å². The fourth-order valence-electron chi connectivity index (χ4n) is 2.98. The number of anilines is 2. The molecular weight excluding hydrogens is 284 g/mol. The quantitative estimate of drug-likeness (QED) is 0.750. The third-order valence-electron chi connectivity index (χ3n) is 4.12. The highest BCUT2D eigenvalue weighted by molar-refractivity contribution is 6.33. The van der Waals surface area contributed by atoms with Gasteiger partial charge in [0.1, 0.15) is 11.5 Å². The SMILES string of the molecule is CN1CCc2cc(-c3nc4c(Cl)cccn4c3N)ccc21. The van der Waals surface area contributed by atoms with Gasteiger partial charge in [0.25, 0.3) is 0 Å². The molecule has 106 valence electrons. The number of nitrogens with two attached hydrogens (primary N) is 1. The van der Waals surface area contributed by atoms with Crippen molar-refractivity contribution in [2.24, 2.45) is 0 Å². The molecule has 4 rings (SSSR count). The summed E-state index contributed by atoms with van der Waals surface area (Å²) in [6.07, 6.45) is 2.95. The Hall–Kier alpha value is -2.20. The number of hydrogen-bond acceptors (Lipinski definition) is 3. The minimum Gasteiger partial charge on any atom is -0.383 e. The molecule has 5 heteroatoms. The number of benzene rings is 1. The van der Waals surface area contributed by atoms with Crippen molar-refractivity contribution in [1.29, 1.82) is 0 Å². The number of fused-ring (bicyclic) bond motifs is 2. The summed E-state index contributed by atoms with van der Waals surface area (Å²) >= 11 is 6.20. The summed E-state index contributed by atoms with van der Waals surface area (Å²) < 4.78 is 1.83. The predicted molar refractivity (Wildman–Crippen MR) is 87.0 cm³/mol. The van der Waals surface area contributed by atoms with Gasteiger partial charge < -0.3 is 10.6 Å². The molecule has 0 aliphatic carbocycles. The van der Waals surface area contributed by atoms with Crippen LogP contribution in [-0.4, -0.2) is 23.0 Å². The van der Waals surface area contributed by atoms with E-state index in [1.165, 1.54) is 11.3 Å². The maximum Gasteiger partial charge on any atom is 0.157 e. The Labute approximate surface area is 127 Å². The summed E-state index contributed by atoms with van der Waals surface area (Å²) in [6, 6.07) is 10.1. The van der Waals surface area contributed by atoms with E-state index < -0.39 is 0 Å². The molecule has 0 saturated carbocycles. The van der Waals surface area contributed by atoms with Crippen LogP contribution in [0, 0.1) is 0 Å². The largest absolute Gasteiger partial charge is 0.383 e. The number of nitrogen functional groups attached to an aromatic ring is 1. The Morgan fingerprint density at radius 3 is 2.95 bits per heavy atom. The zero-order chi connectivity index (χ0) is 14.6. The molecule has 0 fully saturated rings. The van der Waals surface area contributed by atoms with E-state index >= 15 is 0 Å². The zero-order valence-electron chi connectivity index (χ0n) is 11.7. The van der Waals surface area contributed by atoms with E-state index in [0.29, 0.717) is 16.5 Å². The first kappa shape index (κ1) is 12.5. The van der Waals surface area contributed by atoms with Crippen molar-refractivity contribution in [3.63, 3.8) is 0 Å². The summed E-state index contributed by atoms with van der Waals surface area (Å²) in [5, 5.41) is 0.608. The Morgan fingerprint density at radius 1 is 1.29 bits per heavy atom. The van der Waals surface area contributed by atoms with Crippen LogP contribution in [0.4, 0.5) is 11.5 Å². The second-order valence-corrected chi connectivity index (χ2v) is 5.82. The van der Waals surface area contributed by atoms with E-state index in [2.05, 4.69) is 35.1 Å². The van der Waals surface area contributed by atoms with Crippen LogP contribution in [-0.2, 0) is 6.42 Å². The number of nitrogens with zero attached hydrogens (tertiary/aromatic N) is 3. The van der Waals surface area contributed by atoms with Gasteiger partial charge in [0.2, 0.25) is 0 Å². The highest BCUT2D eigenvalue weighted by Crippen LogP contribution is 2.34. The third-order valence-corrected chi connectivity index (χ3v) is 4.42. The van der Waals surface area contributed by atoms with E-state index in [9.17, 15) is 0 Å². The Morgan fingerprint density at radius 2 is 2.14 bits per heavy atom. The Balaban J connectivity index is 1.91. The lowest BCUT2D eigenvalue weighted by Gasteiger charge is -2.11. The second kappa shape index (κ2) is 4.40. The first-order valence-electron chi connectivity index (χ1n) is 6.91. The number of rotatable bonds is 1. The number of imidazole rings is 1. The number of pyridine rings is 1. The first-order chi connectivity index (χ1) is 10.1. The van der Waals surface area contributed by atoms with E-state index in [4.69, 9.17) is 17.3 Å². The Bertz CT molecular complexity index is 853. The summed E-state index contributed by atoms with van der Waals surface area (Å²) in [7, 11) is 2.12. The van der Waals surface area contributed by atoms with Crippen molar-refractivity contribution in [3.05, 3.63) is 47.1 Å². The Kier molecular flexibility index (Phi) is 2.62. The minimum absolute atomic E-state index is 0.608. The van der Waals surface area contributed by atoms with Crippen LogP contribution in [0.5, 0.6) is 0 Å². The average molecular weight is 299 g/mol. The molecule has 0 spiro atoms. The van der Waals surface area contributed by atoms with E-state index in [-0.39, 0.29) is 0 Å². The van der Waals surface area contributed by atoms with Gasteiger partial charge in [0, 0.05) is 31.0 Å². The third kappa shape index (κ3) is 1.79. The van der Waals surface area contributed by atoms with Crippen molar-refractivity contribution in [2.75, 3.05) is 24.2 Å². The molecule has 1 aromatic carbocycles. The van der Waals surface area contributed by atoms with Crippen molar-refractivity contribution >= 4 is 28.8 Å². The monoisotopic (exact) mass is 298 g/mol. The van der Waals surface area contributed by atoms with Gasteiger partial charge in [-0.1, -0.05) is 17.7 Å². The number of hydrogen-bond donors (Lipinski definition) is 1. The highest BCUT2D eigenvalue weighted by atomic mass is 35.5. The number of aromatic nitrogens is 2. The molecule has 0 unspecified atom stereocenters. The first-order valence-corrected chi connectivity index (χ1v) is 7.29. The molecule has 0 bridgehead atoms. The molecule has 2 N–H and O–H groups in total. The fraction of sp³-hybridized carbons (Fsp3) is 0.188. The van der Waals surface area contributed by atoms with Crippen LogP contribution < -0.4 is 10.6 Å². The van der Waals surface area contributed by atoms with Gasteiger partial charge in [0.15, 0.2) is 5.65 Å². The van der Waals surface area contributed by atoms with Gasteiger partial charge >= 0.3 is 0 Å². The van der Waals surface area contributed by atoms with Gasteiger partial charge in [-0.15, -0.1) is 0 Å². The van der Waals surface area contributed by atoms with Crippen LogP contribution in [0.2, 0.25) is 5.02 Å². The van der Waals surface area contributed by atoms with E-state index in [1.54, 1.807) is 0 Å². The molecule has 3 aromatic rings. The smallest absolute Gasteiger partial charge is 0.157 e. The molecule has 0 amide bonds. The van der Waals surface area contributed by atoms with Crippen LogP contribution in [0.3, 0.4) is 0 Å². The predicted octanol–water partition coefficient (Wildman–Crippen LogP) is 3.23. The average Bonchev–Trinajstić information content (AvgIpc) is 3.02. The van der Waals surface area contributed by atoms with Gasteiger partial charge in [-0.2, -0.15) is 0 Å². The molecule has 3 heterocycles. The maximum atomic E-state index is 6.24. The lowest BCUT2D eigenvalue weighted by atomic mass is 10.1. The molecule has 4 nitrogen and oxygen atoms in total. The summed E-state index contributed by atoms with van der Waals surface area (Å²) in [5.74, 6) is 0.624. The summed E-state index contributed by atoms with van der Waals surface area (Å²) in [5.41, 5.74) is 11.4. The van der Waals surface area contributed by atoms with Gasteiger partial charge in [-0.3, -0.25) is 4.40 Å². The van der Waals surface area contributed by atoms with Crippen molar-refractivity contribution < 1.29 is 0 Å². The van der Waals surface area contributed by atoms with Gasteiger partial charge in [0.05, 0.1) is 5.02 Å². The molecule has 2 aromatic heterocycles. The van der Waals surface area contributed by atoms with E-state index in [1.807, 2.05) is 22.7 Å². The molecule has 21 heavy (non-hydrogen) atoms. The van der Waals surface area contributed by atoms with Crippen molar-refractivity contribution in [2.45, 2.75) is 6.42 Å². The molecule has 1 aliphatic heterocycles. The lowest BCUT2D eigenvalue weighted by molar-refractivity contribution is 0.956. The van der Waals surface area contributed by atoms with Crippen LogP contribution in [0.1, 0.15) is 5.56 Å². The van der Waals surface area contributed by atoms with Crippen LogP contribution in [0.15, 0.2) is 36.5 Å². The molecule has 0 saturated heterocycles. The normalized spacial score (nSPS) is 13.9. The van der Waals surface area contributed by atoms with Gasteiger partial charge in [-0.05, 0) is 36.2 Å². The lowest BCUT2D eigenvalue weighted by Crippen LogP contribution is -2.12. The molecule has 0 radical (unpaired) electrons. The second-order valence-electron chi connectivity index (χ2n) is 5.41.